The molecule has 0 spiro atoms. The quantitative estimate of drug-likeness (QED) is 0.469. The molecule has 0 fully saturated rings. The van der Waals surface area contributed by atoms with Gasteiger partial charge in [0.2, 0.25) is 5.89 Å². The molecule has 168 valence electrons. The molecule has 0 bridgehead atoms. The highest BCUT2D eigenvalue weighted by Gasteiger charge is 2.31. The minimum absolute atomic E-state index is 0.112. The first-order chi connectivity index (χ1) is 16.3. The van der Waals surface area contributed by atoms with Gasteiger partial charge in [0, 0.05) is 41.2 Å². The van der Waals surface area contributed by atoms with E-state index in [2.05, 4.69) is 20.3 Å². The Kier molecular flexibility index (Phi) is 4.98. The number of pyridine rings is 2. The van der Waals surface area contributed by atoms with Crippen LogP contribution in [0.4, 0.5) is 11.5 Å². The standard InChI is InChI=1S/C25H20N6O3/c1-25(2)11-16-8-19(18(10-21(16)34-25)14-3-5-28-17(7-14)12-26)30-23(32)20-13-33-24(31-20)15-4-6-29-22(27)9-15/h3-10,13H,11H2,1-2H3,(H2,27,29)(H,30,32). The summed E-state index contributed by atoms with van der Waals surface area (Å²) in [7, 11) is 0. The summed E-state index contributed by atoms with van der Waals surface area (Å²) in [4.78, 5) is 25.4. The molecule has 5 rings (SSSR count). The van der Waals surface area contributed by atoms with Crippen molar-refractivity contribution in [2.75, 3.05) is 11.1 Å². The summed E-state index contributed by atoms with van der Waals surface area (Å²) in [5.41, 5.74) is 9.35. The van der Waals surface area contributed by atoms with Crippen LogP contribution in [-0.2, 0) is 6.42 Å². The Labute approximate surface area is 195 Å². The lowest BCUT2D eigenvalue weighted by Gasteiger charge is -2.17. The number of hydrogen-bond acceptors (Lipinski definition) is 8. The summed E-state index contributed by atoms with van der Waals surface area (Å²) in [6, 6.07) is 12.6. The van der Waals surface area contributed by atoms with Gasteiger partial charge in [-0.05, 0) is 55.8 Å². The fourth-order valence-corrected chi connectivity index (χ4v) is 3.93. The molecular weight excluding hydrogens is 432 g/mol. The maximum Gasteiger partial charge on any atom is 0.277 e. The number of nitrogen functional groups attached to an aromatic ring is 1. The average molecular weight is 452 g/mol. The first-order valence-corrected chi connectivity index (χ1v) is 10.5. The second-order valence-corrected chi connectivity index (χ2v) is 8.55. The largest absolute Gasteiger partial charge is 0.487 e. The monoisotopic (exact) mass is 452 g/mol. The molecule has 0 saturated heterocycles. The number of fused-ring (bicyclic) bond motifs is 1. The Balaban J connectivity index is 1.51. The van der Waals surface area contributed by atoms with Crippen LogP contribution in [0.3, 0.4) is 0 Å². The SMILES string of the molecule is CC1(C)Cc2cc(NC(=O)c3coc(-c4ccnc(N)c4)n3)c(-c3ccnc(C#N)c3)cc2O1. The number of oxazole rings is 1. The normalized spacial score (nSPS) is 13.6. The Morgan fingerprint density at radius 2 is 1.94 bits per heavy atom. The van der Waals surface area contributed by atoms with E-state index in [9.17, 15) is 10.1 Å². The van der Waals surface area contributed by atoms with Crippen LogP contribution in [0.5, 0.6) is 5.75 Å². The van der Waals surface area contributed by atoms with Crippen molar-refractivity contribution in [2.45, 2.75) is 25.9 Å². The molecule has 1 amide bonds. The zero-order chi connectivity index (χ0) is 23.9. The van der Waals surface area contributed by atoms with Crippen molar-refractivity contribution in [1.29, 1.82) is 5.26 Å². The number of anilines is 2. The average Bonchev–Trinajstić information content (AvgIpc) is 3.42. The summed E-state index contributed by atoms with van der Waals surface area (Å²) in [6.07, 6.45) is 5.09. The van der Waals surface area contributed by atoms with Crippen molar-refractivity contribution in [1.82, 2.24) is 15.0 Å². The van der Waals surface area contributed by atoms with Crippen molar-refractivity contribution in [3.8, 4) is 34.4 Å². The van der Waals surface area contributed by atoms with Gasteiger partial charge in [-0.1, -0.05) is 0 Å². The third-order valence-corrected chi connectivity index (χ3v) is 5.40. The van der Waals surface area contributed by atoms with Crippen LogP contribution in [-0.4, -0.2) is 26.5 Å². The highest BCUT2D eigenvalue weighted by atomic mass is 16.5. The van der Waals surface area contributed by atoms with E-state index in [4.69, 9.17) is 14.9 Å². The maximum absolute atomic E-state index is 13.1. The minimum Gasteiger partial charge on any atom is -0.487 e. The van der Waals surface area contributed by atoms with E-state index in [1.165, 1.54) is 6.26 Å². The molecule has 4 heterocycles. The number of amides is 1. The van der Waals surface area contributed by atoms with Gasteiger partial charge in [-0.3, -0.25) is 4.79 Å². The van der Waals surface area contributed by atoms with E-state index in [0.717, 1.165) is 16.9 Å². The molecule has 1 aliphatic heterocycles. The van der Waals surface area contributed by atoms with Crippen molar-refractivity contribution >= 4 is 17.4 Å². The fourth-order valence-electron chi connectivity index (χ4n) is 3.93. The van der Waals surface area contributed by atoms with Crippen molar-refractivity contribution in [3.63, 3.8) is 0 Å². The van der Waals surface area contributed by atoms with Crippen LogP contribution >= 0.6 is 0 Å². The Bertz CT molecular complexity index is 1470. The lowest BCUT2D eigenvalue weighted by molar-refractivity contribution is 0.102. The predicted molar refractivity (Wildman–Crippen MR) is 125 cm³/mol. The number of nitrogens with two attached hydrogens (primary N) is 1. The highest BCUT2D eigenvalue weighted by Crippen LogP contribution is 2.42. The van der Waals surface area contributed by atoms with Gasteiger partial charge in [0.05, 0.1) is 0 Å². The van der Waals surface area contributed by atoms with Crippen LogP contribution in [0, 0.1) is 11.3 Å². The summed E-state index contributed by atoms with van der Waals surface area (Å²) in [5.74, 6) is 0.887. The molecule has 1 aromatic carbocycles. The number of benzene rings is 1. The molecule has 9 nitrogen and oxygen atoms in total. The predicted octanol–water partition coefficient (Wildman–Crippen LogP) is 4.22. The molecule has 0 unspecified atom stereocenters. The smallest absolute Gasteiger partial charge is 0.277 e. The number of nitrogens with zero attached hydrogens (tertiary/aromatic N) is 4. The molecule has 34 heavy (non-hydrogen) atoms. The first kappa shape index (κ1) is 21.2. The van der Waals surface area contributed by atoms with E-state index in [1.54, 1.807) is 36.7 Å². The van der Waals surface area contributed by atoms with Gasteiger partial charge in [0.15, 0.2) is 5.69 Å². The van der Waals surface area contributed by atoms with Crippen molar-refractivity contribution < 1.29 is 13.9 Å². The number of nitriles is 1. The summed E-state index contributed by atoms with van der Waals surface area (Å²) >= 11 is 0. The van der Waals surface area contributed by atoms with Crippen molar-refractivity contribution in [2.24, 2.45) is 0 Å². The van der Waals surface area contributed by atoms with Crippen LogP contribution in [0.2, 0.25) is 0 Å². The van der Waals surface area contributed by atoms with Gasteiger partial charge in [-0.25, -0.2) is 15.0 Å². The lowest BCUT2D eigenvalue weighted by atomic mass is 9.97. The number of ether oxygens (including phenoxy) is 1. The van der Waals surface area contributed by atoms with Crippen LogP contribution in [0.1, 0.15) is 35.6 Å². The van der Waals surface area contributed by atoms with Gasteiger partial charge >= 0.3 is 0 Å². The van der Waals surface area contributed by atoms with Gasteiger partial charge in [0.1, 0.15) is 35.2 Å². The molecule has 0 aliphatic carbocycles. The number of carbonyl (C=O) groups excluding carboxylic acids is 1. The molecule has 0 saturated carbocycles. The summed E-state index contributed by atoms with van der Waals surface area (Å²) < 4.78 is 11.6. The summed E-state index contributed by atoms with van der Waals surface area (Å²) in [5, 5.41) is 12.2. The number of carbonyl (C=O) groups is 1. The molecule has 0 radical (unpaired) electrons. The van der Waals surface area contributed by atoms with E-state index in [1.807, 2.05) is 32.0 Å². The third kappa shape index (κ3) is 4.04. The number of rotatable bonds is 4. The molecule has 3 aromatic heterocycles. The van der Waals surface area contributed by atoms with Gasteiger partial charge in [-0.2, -0.15) is 5.26 Å². The maximum atomic E-state index is 13.1. The van der Waals surface area contributed by atoms with E-state index in [-0.39, 0.29) is 22.9 Å². The second-order valence-electron chi connectivity index (χ2n) is 8.55. The van der Waals surface area contributed by atoms with Gasteiger partial charge in [0.25, 0.3) is 5.91 Å². The van der Waals surface area contributed by atoms with Gasteiger partial charge in [-0.15, -0.1) is 0 Å². The fraction of sp³-hybridized carbons (Fsp3) is 0.160. The lowest BCUT2D eigenvalue weighted by Crippen LogP contribution is -2.24. The number of nitrogens with one attached hydrogen (secondary N) is 1. The molecule has 0 atom stereocenters. The molecule has 3 N–H and O–H groups in total. The first-order valence-electron chi connectivity index (χ1n) is 10.5. The Hall–Kier alpha value is -4.71. The zero-order valence-electron chi connectivity index (χ0n) is 18.5. The van der Waals surface area contributed by atoms with E-state index >= 15 is 0 Å². The topological polar surface area (TPSA) is 140 Å². The van der Waals surface area contributed by atoms with Crippen molar-refractivity contribution in [3.05, 3.63) is 72.0 Å². The third-order valence-electron chi connectivity index (χ3n) is 5.40. The number of aromatic nitrogens is 3. The van der Waals surface area contributed by atoms with Gasteiger partial charge < -0.3 is 20.2 Å². The Morgan fingerprint density at radius 3 is 2.74 bits per heavy atom. The highest BCUT2D eigenvalue weighted by molar-refractivity contribution is 6.05. The zero-order valence-corrected chi connectivity index (χ0v) is 18.5. The van der Waals surface area contributed by atoms with Crippen LogP contribution in [0.15, 0.2) is 59.5 Å². The molecule has 4 aromatic rings. The molecular formula is C25H20N6O3. The van der Waals surface area contributed by atoms with E-state index < -0.39 is 5.91 Å². The van der Waals surface area contributed by atoms with Crippen LogP contribution in [0.25, 0.3) is 22.6 Å². The van der Waals surface area contributed by atoms with E-state index in [0.29, 0.717) is 29.1 Å². The summed E-state index contributed by atoms with van der Waals surface area (Å²) in [6.45, 7) is 4.02. The molecule has 9 heteroatoms. The molecule has 1 aliphatic rings. The minimum atomic E-state index is -0.439. The number of hydrogen-bond donors (Lipinski definition) is 2. The Morgan fingerprint density at radius 1 is 1.15 bits per heavy atom. The van der Waals surface area contributed by atoms with Crippen LogP contribution < -0.4 is 15.8 Å². The second kappa shape index (κ2) is 8.01.